The van der Waals surface area contributed by atoms with Crippen molar-refractivity contribution in [1.29, 1.82) is 0 Å². The zero-order chi connectivity index (χ0) is 11.0. The summed E-state index contributed by atoms with van der Waals surface area (Å²) in [5, 5.41) is 13.4. The van der Waals surface area contributed by atoms with Gasteiger partial charge in [0.1, 0.15) is 0 Å². The molecule has 86 valence electrons. The van der Waals surface area contributed by atoms with Gasteiger partial charge in [0.15, 0.2) is 0 Å². The van der Waals surface area contributed by atoms with Gasteiger partial charge in [0, 0.05) is 18.3 Å². The second kappa shape index (κ2) is 7.55. The molecule has 0 aliphatic rings. The first-order chi connectivity index (χ1) is 6.58. The van der Waals surface area contributed by atoms with Crippen molar-refractivity contribution in [3.8, 4) is 0 Å². The monoisotopic (exact) mass is 219 g/mol. The van der Waals surface area contributed by atoms with Gasteiger partial charge in [-0.15, -0.1) is 0 Å². The lowest BCUT2D eigenvalue weighted by Gasteiger charge is -2.27. The van der Waals surface area contributed by atoms with Crippen molar-refractivity contribution >= 4 is 11.8 Å². The quantitative estimate of drug-likeness (QED) is 0.657. The Hall–Kier alpha value is 0.270. The fourth-order valence-electron chi connectivity index (χ4n) is 1.22. The number of hydrogen-bond acceptors (Lipinski definition) is 3. The topological polar surface area (TPSA) is 32.3 Å². The molecule has 2 nitrogen and oxygen atoms in total. The van der Waals surface area contributed by atoms with Gasteiger partial charge in [0.05, 0.1) is 5.60 Å². The van der Waals surface area contributed by atoms with Gasteiger partial charge in [0.2, 0.25) is 0 Å². The smallest absolute Gasteiger partial charge is 0.0766 e. The largest absolute Gasteiger partial charge is 0.389 e. The molecule has 0 aromatic heterocycles. The van der Waals surface area contributed by atoms with E-state index in [-0.39, 0.29) is 0 Å². The van der Waals surface area contributed by atoms with E-state index in [1.54, 1.807) is 0 Å². The molecule has 0 aliphatic carbocycles. The molecule has 3 heteroatoms. The van der Waals surface area contributed by atoms with E-state index in [0.717, 1.165) is 24.3 Å². The van der Waals surface area contributed by atoms with E-state index in [1.165, 1.54) is 0 Å². The Labute approximate surface area is 92.9 Å². The maximum absolute atomic E-state index is 10.0. The summed E-state index contributed by atoms with van der Waals surface area (Å²) in [4.78, 5) is 0. The first-order valence-electron chi connectivity index (χ1n) is 5.61. The van der Waals surface area contributed by atoms with E-state index in [4.69, 9.17) is 0 Å². The van der Waals surface area contributed by atoms with E-state index < -0.39 is 5.60 Å². The Kier molecular flexibility index (Phi) is 7.69. The molecule has 0 aliphatic heterocycles. The van der Waals surface area contributed by atoms with Crippen molar-refractivity contribution in [3.05, 3.63) is 0 Å². The molecule has 0 spiro atoms. The van der Waals surface area contributed by atoms with Crippen molar-refractivity contribution in [3.63, 3.8) is 0 Å². The summed E-state index contributed by atoms with van der Waals surface area (Å²) in [5.74, 6) is 2.29. The van der Waals surface area contributed by atoms with Gasteiger partial charge in [-0.2, -0.15) is 11.8 Å². The highest BCUT2D eigenvalue weighted by Gasteiger charge is 2.22. The third-order valence-corrected chi connectivity index (χ3v) is 3.81. The van der Waals surface area contributed by atoms with Crippen molar-refractivity contribution in [2.24, 2.45) is 0 Å². The molecule has 1 atom stereocenters. The molecule has 0 heterocycles. The average Bonchev–Trinajstić information content (AvgIpc) is 2.23. The molecule has 1 unspecified atom stereocenters. The van der Waals surface area contributed by atoms with Crippen LogP contribution in [0.25, 0.3) is 0 Å². The molecule has 0 saturated heterocycles. The molecular weight excluding hydrogens is 194 g/mol. The zero-order valence-electron chi connectivity index (χ0n) is 9.97. The maximum Gasteiger partial charge on any atom is 0.0766 e. The second-order valence-electron chi connectivity index (χ2n) is 3.87. The van der Waals surface area contributed by atoms with Gasteiger partial charge in [-0.25, -0.2) is 0 Å². The highest BCUT2D eigenvalue weighted by atomic mass is 32.2. The molecule has 0 amide bonds. The SMILES string of the molecule is CCSCC(C)NCC(O)(CC)CC. The summed E-state index contributed by atoms with van der Waals surface area (Å²) >= 11 is 1.94. The second-order valence-corrected chi connectivity index (χ2v) is 5.19. The van der Waals surface area contributed by atoms with Gasteiger partial charge < -0.3 is 10.4 Å². The fourth-order valence-corrected chi connectivity index (χ4v) is 1.92. The van der Waals surface area contributed by atoms with E-state index in [1.807, 2.05) is 25.6 Å². The lowest BCUT2D eigenvalue weighted by molar-refractivity contribution is 0.0309. The number of nitrogens with one attached hydrogen (secondary N) is 1. The summed E-state index contributed by atoms with van der Waals surface area (Å²) in [6.45, 7) is 9.14. The minimum absolute atomic E-state index is 0.490. The Morgan fingerprint density at radius 3 is 2.29 bits per heavy atom. The minimum Gasteiger partial charge on any atom is -0.389 e. The fraction of sp³-hybridized carbons (Fsp3) is 1.00. The van der Waals surface area contributed by atoms with Crippen LogP contribution in [0.5, 0.6) is 0 Å². The Morgan fingerprint density at radius 1 is 1.29 bits per heavy atom. The zero-order valence-corrected chi connectivity index (χ0v) is 10.8. The van der Waals surface area contributed by atoms with Gasteiger partial charge in [0.25, 0.3) is 0 Å². The summed E-state index contributed by atoms with van der Waals surface area (Å²) in [7, 11) is 0. The Balaban J connectivity index is 3.68. The van der Waals surface area contributed by atoms with E-state index in [2.05, 4.69) is 19.2 Å². The van der Waals surface area contributed by atoms with E-state index in [9.17, 15) is 5.11 Å². The first-order valence-corrected chi connectivity index (χ1v) is 6.77. The summed E-state index contributed by atoms with van der Waals surface area (Å²) in [6, 6.07) is 0.490. The van der Waals surface area contributed by atoms with Crippen molar-refractivity contribution < 1.29 is 5.11 Å². The van der Waals surface area contributed by atoms with Crippen LogP contribution >= 0.6 is 11.8 Å². The number of thioether (sulfide) groups is 1. The van der Waals surface area contributed by atoms with Crippen LogP contribution in [0.2, 0.25) is 0 Å². The van der Waals surface area contributed by atoms with Crippen LogP contribution in [0.1, 0.15) is 40.5 Å². The Bertz CT molecular complexity index is 137. The van der Waals surface area contributed by atoms with Crippen molar-refractivity contribution in [2.75, 3.05) is 18.1 Å². The predicted octanol–water partition coefficient (Wildman–Crippen LogP) is 2.27. The van der Waals surface area contributed by atoms with Crippen LogP contribution in [-0.2, 0) is 0 Å². The predicted molar refractivity (Wildman–Crippen MR) is 66.0 cm³/mol. The number of aliphatic hydroxyl groups is 1. The average molecular weight is 219 g/mol. The van der Waals surface area contributed by atoms with Crippen molar-refractivity contribution in [1.82, 2.24) is 5.32 Å². The van der Waals surface area contributed by atoms with Crippen LogP contribution in [-0.4, -0.2) is 34.8 Å². The van der Waals surface area contributed by atoms with E-state index in [0.29, 0.717) is 12.6 Å². The third-order valence-electron chi connectivity index (χ3n) is 2.67. The summed E-state index contributed by atoms with van der Waals surface area (Å²) in [6.07, 6.45) is 1.65. The van der Waals surface area contributed by atoms with Crippen LogP contribution in [0.15, 0.2) is 0 Å². The molecule has 0 saturated carbocycles. The van der Waals surface area contributed by atoms with Crippen LogP contribution in [0.3, 0.4) is 0 Å². The summed E-state index contributed by atoms with van der Waals surface area (Å²) < 4.78 is 0. The van der Waals surface area contributed by atoms with Crippen LogP contribution in [0, 0.1) is 0 Å². The highest BCUT2D eigenvalue weighted by Crippen LogP contribution is 2.13. The normalized spacial score (nSPS) is 14.4. The lowest BCUT2D eigenvalue weighted by Crippen LogP contribution is -2.43. The molecule has 0 aromatic rings. The first kappa shape index (κ1) is 14.3. The molecular formula is C11H25NOS. The third kappa shape index (κ3) is 5.89. The number of rotatable bonds is 8. The van der Waals surface area contributed by atoms with Crippen LogP contribution in [0.4, 0.5) is 0 Å². The van der Waals surface area contributed by atoms with Gasteiger partial charge in [-0.1, -0.05) is 20.8 Å². The summed E-state index contributed by atoms with van der Waals surface area (Å²) in [5.41, 5.74) is -0.509. The lowest BCUT2D eigenvalue weighted by atomic mass is 9.97. The van der Waals surface area contributed by atoms with Crippen molar-refractivity contribution in [2.45, 2.75) is 52.2 Å². The maximum atomic E-state index is 10.0. The van der Waals surface area contributed by atoms with Crippen LogP contribution < -0.4 is 5.32 Å². The van der Waals surface area contributed by atoms with E-state index >= 15 is 0 Å². The molecule has 14 heavy (non-hydrogen) atoms. The minimum atomic E-state index is -0.509. The number of hydrogen-bond donors (Lipinski definition) is 2. The molecule has 0 rings (SSSR count). The molecule has 2 N–H and O–H groups in total. The molecule has 0 fully saturated rings. The van der Waals surface area contributed by atoms with Gasteiger partial charge in [-0.3, -0.25) is 0 Å². The van der Waals surface area contributed by atoms with Gasteiger partial charge in [-0.05, 0) is 25.5 Å². The highest BCUT2D eigenvalue weighted by molar-refractivity contribution is 7.99. The molecule has 0 bridgehead atoms. The van der Waals surface area contributed by atoms with Gasteiger partial charge >= 0.3 is 0 Å². The molecule has 0 radical (unpaired) electrons. The standard InChI is InChI=1S/C11H25NOS/c1-5-11(13,6-2)9-12-10(4)8-14-7-3/h10,12-13H,5-9H2,1-4H3. The molecule has 0 aromatic carbocycles. The Morgan fingerprint density at radius 2 is 1.86 bits per heavy atom.